The van der Waals surface area contributed by atoms with Gasteiger partial charge in [-0.15, -0.1) is 0 Å². The predicted octanol–water partition coefficient (Wildman–Crippen LogP) is 1.37. The largest absolute Gasteiger partial charge is 1.00 e. The Morgan fingerprint density at radius 1 is 0.255 bits per heavy atom. The van der Waals surface area contributed by atoms with E-state index in [9.17, 15) is 0 Å². The lowest BCUT2D eigenvalue weighted by molar-refractivity contribution is -0.00100. The molecule has 0 saturated carbocycles. The normalized spacial score (nSPS) is 10.7. The molecule has 270 valence electrons. The minimum absolute atomic E-state index is 0. The molecule has 0 aliphatic rings. The third-order valence-corrected chi connectivity index (χ3v) is 8.63. The molecule has 0 spiro atoms. The second-order valence-corrected chi connectivity index (χ2v) is 14.0. The Morgan fingerprint density at radius 2 is 0.412 bits per heavy atom. The zero-order chi connectivity index (χ0) is 34.3. The number of para-hydroxylation sites is 3. The number of hydrogen-bond acceptors (Lipinski definition) is 0. The summed E-state index contributed by atoms with van der Waals surface area (Å²) >= 11 is 0. The van der Waals surface area contributed by atoms with Crippen molar-refractivity contribution < 1.29 is 37.2 Å². The molecule has 0 fully saturated rings. The molecule has 6 rings (SSSR count). The highest BCUT2D eigenvalue weighted by molar-refractivity contribution is 5.43. The molecule has 0 atom stereocenters. The number of quaternary nitrogens is 3. The molecular weight excluding hydrogens is 689 g/mol. The highest BCUT2D eigenvalue weighted by Gasteiger charge is 2.20. The van der Waals surface area contributed by atoms with Crippen LogP contribution in [0.3, 0.4) is 0 Å². The van der Waals surface area contributed by atoms with E-state index in [1.165, 1.54) is 33.8 Å². The highest BCUT2D eigenvalue weighted by Crippen LogP contribution is 2.23. The Balaban J connectivity index is 0.000000372. The fourth-order valence-corrected chi connectivity index (χ4v) is 5.89. The van der Waals surface area contributed by atoms with Crippen molar-refractivity contribution in [2.45, 2.75) is 19.6 Å². The van der Waals surface area contributed by atoms with Gasteiger partial charge in [0.2, 0.25) is 0 Å². The summed E-state index contributed by atoms with van der Waals surface area (Å²) < 4.78 is 2.64. The lowest BCUT2D eigenvalue weighted by atomic mass is 10.2. The van der Waals surface area contributed by atoms with E-state index in [1.54, 1.807) is 0 Å². The topological polar surface area (TPSA) is 0 Å². The van der Waals surface area contributed by atoms with Crippen LogP contribution >= 0.6 is 0 Å². The fourth-order valence-electron chi connectivity index (χ4n) is 5.89. The van der Waals surface area contributed by atoms with Crippen LogP contribution in [0.25, 0.3) is 0 Å². The van der Waals surface area contributed by atoms with Crippen LogP contribution in [0.15, 0.2) is 182 Å². The van der Waals surface area contributed by atoms with Gasteiger partial charge in [-0.05, 0) is 36.4 Å². The van der Waals surface area contributed by atoms with Crippen molar-refractivity contribution in [3.63, 3.8) is 0 Å². The molecule has 0 bridgehead atoms. The minimum Gasteiger partial charge on any atom is -1.00 e. The van der Waals surface area contributed by atoms with Gasteiger partial charge in [0.15, 0.2) is 0 Å². The van der Waals surface area contributed by atoms with Gasteiger partial charge in [-0.3, -0.25) is 13.4 Å². The first kappa shape index (κ1) is 45.1. The summed E-state index contributed by atoms with van der Waals surface area (Å²) in [5, 5.41) is 0. The maximum atomic E-state index is 2.24. The van der Waals surface area contributed by atoms with Gasteiger partial charge in [0.25, 0.3) is 0 Å². The zero-order valence-electron chi connectivity index (χ0n) is 30.9. The van der Waals surface area contributed by atoms with E-state index in [1.807, 2.05) is 0 Å². The average Bonchev–Trinajstić information content (AvgIpc) is 3.11. The molecule has 6 heteroatoms. The maximum absolute atomic E-state index is 2.24. The average molecular weight is 743 g/mol. The van der Waals surface area contributed by atoms with Crippen LogP contribution in [0.5, 0.6) is 0 Å². The van der Waals surface area contributed by atoms with Crippen molar-refractivity contribution in [2.75, 3.05) is 42.3 Å². The summed E-state index contributed by atoms with van der Waals surface area (Å²) in [6, 6.07) is 63.7. The Labute approximate surface area is 326 Å². The Hall–Kier alpha value is -3.93. The molecule has 3 nitrogen and oxygen atoms in total. The molecule has 51 heavy (non-hydrogen) atoms. The van der Waals surface area contributed by atoms with Crippen LogP contribution in [-0.2, 0) is 19.6 Å². The van der Waals surface area contributed by atoms with Gasteiger partial charge in [0.1, 0.15) is 36.7 Å². The van der Waals surface area contributed by atoms with Gasteiger partial charge in [0, 0.05) is 16.7 Å². The number of nitrogens with zero attached hydrogens (tertiary/aromatic N) is 3. The quantitative estimate of drug-likeness (QED) is 0.197. The standard InChI is InChI=1S/3C15H18N.3ClH/c3*1-16(2,15-11-7-4-8-12-15)13-14-9-5-3-6-10-14;;;/h3*3-12H,13H2,1-2H3;3*1H/q3*+1;;;/p-3. The third kappa shape index (κ3) is 15.1. The fraction of sp³-hybridized carbons (Fsp3) is 0.200. The van der Waals surface area contributed by atoms with Crippen molar-refractivity contribution in [3.8, 4) is 0 Å². The number of halogens is 3. The summed E-state index contributed by atoms with van der Waals surface area (Å²) in [4.78, 5) is 0. The molecule has 0 amide bonds. The molecule has 6 aromatic carbocycles. The second kappa shape index (κ2) is 22.1. The van der Waals surface area contributed by atoms with Crippen LogP contribution < -0.4 is 50.7 Å². The first-order valence-electron chi connectivity index (χ1n) is 16.8. The van der Waals surface area contributed by atoms with Crippen LogP contribution in [0.4, 0.5) is 17.1 Å². The van der Waals surface area contributed by atoms with Crippen molar-refractivity contribution in [1.82, 2.24) is 13.4 Å². The Morgan fingerprint density at radius 3 is 0.588 bits per heavy atom. The van der Waals surface area contributed by atoms with Crippen molar-refractivity contribution in [2.24, 2.45) is 0 Å². The minimum atomic E-state index is 0. The monoisotopic (exact) mass is 741 g/mol. The number of benzene rings is 6. The summed E-state index contributed by atoms with van der Waals surface area (Å²) in [6.45, 7) is 3.06. The summed E-state index contributed by atoms with van der Waals surface area (Å²) in [6.07, 6.45) is 0. The van der Waals surface area contributed by atoms with E-state index in [2.05, 4.69) is 224 Å². The molecular formula is C45H54Cl3N3. The van der Waals surface area contributed by atoms with Crippen LogP contribution in [-0.4, -0.2) is 42.3 Å². The lowest BCUT2D eigenvalue weighted by Crippen LogP contribution is -3.00. The smallest absolute Gasteiger partial charge is 0.132 e. The molecule has 6 aromatic rings. The molecule has 0 N–H and O–H groups in total. The van der Waals surface area contributed by atoms with E-state index in [-0.39, 0.29) is 37.2 Å². The van der Waals surface area contributed by atoms with Crippen molar-refractivity contribution >= 4 is 17.1 Å². The first-order chi connectivity index (χ1) is 23.1. The van der Waals surface area contributed by atoms with E-state index < -0.39 is 0 Å². The van der Waals surface area contributed by atoms with E-state index in [0.717, 1.165) is 33.1 Å². The van der Waals surface area contributed by atoms with E-state index in [4.69, 9.17) is 0 Å². The summed E-state index contributed by atoms with van der Waals surface area (Å²) in [5.41, 5.74) is 8.13. The van der Waals surface area contributed by atoms with Gasteiger partial charge in [-0.1, -0.05) is 146 Å². The molecule has 0 aliphatic heterocycles. The van der Waals surface area contributed by atoms with Crippen LogP contribution in [0, 0.1) is 0 Å². The van der Waals surface area contributed by atoms with E-state index >= 15 is 0 Å². The van der Waals surface area contributed by atoms with Crippen LogP contribution in [0.1, 0.15) is 16.7 Å². The highest BCUT2D eigenvalue weighted by atomic mass is 35.5. The molecule has 0 saturated heterocycles. The van der Waals surface area contributed by atoms with Crippen molar-refractivity contribution in [1.29, 1.82) is 0 Å². The Bertz CT molecular complexity index is 1520. The molecule has 0 heterocycles. The maximum Gasteiger partial charge on any atom is 0.132 e. The zero-order valence-corrected chi connectivity index (χ0v) is 33.2. The number of hydrogen-bond donors (Lipinski definition) is 0. The molecule has 0 radical (unpaired) electrons. The summed E-state index contributed by atoms with van der Waals surface area (Å²) in [7, 11) is 13.4. The van der Waals surface area contributed by atoms with Gasteiger partial charge in [-0.2, -0.15) is 0 Å². The van der Waals surface area contributed by atoms with Gasteiger partial charge in [-0.25, -0.2) is 0 Å². The third-order valence-electron chi connectivity index (χ3n) is 8.63. The predicted molar refractivity (Wildman–Crippen MR) is 211 cm³/mol. The van der Waals surface area contributed by atoms with Gasteiger partial charge in [0.05, 0.1) is 42.3 Å². The lowest BCUT2D eigenvalue weighted by Gasteiger charge is -2.29. The summed E-state index contributed by atoms with van der Waals surface area (Å²) in [5.74, 6) is 0. The van der Waals surface area contributed by atoms with Crippen LogP contribution in [0.2, 0.25) is 0 Å². The molecule has 0 unspecified atom stereocenters. The SMILES string of the molecule is C[N+](C)(Cc1ccccc1)c1ccccc1.C[N+](C)(Cc1ccccc1)c1ccccc1.C[N+](C)(Cc1ccccc1)c1ccccc1.[Cl-].[Cl-].[Cl-]. The second-order valence-electron chi connectivity index (χ2n) is 14.0. The van der Waals surface area contributed by atoms with Crippen molar-refractivity contribution in [3.05, 3.63) is 199 Å². The first-order valence-corrected chi connectivity index (χ1v) is 16.8. The van der Waals surface area contributed by atoms with Gasteiger partial charge >= 0.3 is 0 Å². The Kier molecular flexibility index (Phi) is 19.5. The van der Waals surface area contributed by atoms with Gasteiger partial charge < -0.3 is 37.2 Å². The van der Waals surface area contributed by atoms with E-state index in [0.29, 0.717) is 0 Å². The molecule has 0 aliphatic carbocycles. The number of rotatable bonds is 9. The molecule has 0 aromatic heterocycles.